The Bertz CT molecular complexity index is 1020. The van der Waals surface area contributed by atoms with E-state index in [2.05, 4.69) is 10.3 Å². The lowest BCUT2D eigenvalue weighted by Gasteiger charge is -2.27. The first-order chi connectivity index (χ1) is 14.7. The van der Waals surface area contributed by atoms with Gasteiger partial charge in [0.1, 0.15) is 0 Å². The Morgan fingerprint density at radius 2 is 1.87 bits per heavy atom. The van der Waals surface area contributed by atoms with Crippen LogP contribution in [0.4, 0.5) is 5.69 Å². The van der Waals surface area contributed by atoms with Crippen molar-refractivity contribution >= 4 is 17.4 Å². The minimum Gasteiger partial charge on any atom is -0.381 e. The van der Waals surface area contributed by atoms with E-state index >= 15 is 0 Å². The molecule has 2 heterocycles. The molecule has 2 aliphatic rings. The second-order valence-electron chi connectivity index (χ2n) is 8.37. The molecule has 7 nitrogen and oxygen atoms in total. The number of imidazole rings is 1. The van der Waals surface area contributed by atoms with Crippen molar-refractivity contribution in [3.05, 3.63) is 41.9 Å². The van der Waals surface area contributed by atoms with Crippen molar-refractivity contribution in [1.29, 1.82) is 0 Å². The summed E-state index contributed by atoms with van der Waals surface area (Å²) in [5.41, 5.74) is 4.80. The van der Waals surface area contributed by atoms with Crippen LogP contribution in [-0.2, 0) is 22.4 Å². The van der Waals surface area contributed by atoms with Crippen LogP contribution in [0, 0.1) is 5.92 Å². The summed E-state index contributed by atoms with van der Waals surface area (Å²) >= 11 is 0. The number of methoxy groups -OCH3 is 1. The third-order valence-electron chi connectivity index (χ3n) is 6.32. The number of nitrogens with one attached hydrogen (secondary N) is 1. The maximum Gasteiger partial charge on any atom is 0.251 e. The molecule has 1 saturated carbocycles. The van der Waals surface area contributed by atoms with E-state index in [0.29, 0.717) is 5.78 Å². The summed E-state index contributed by atoms with van der Waals surface area (Å²) in [5, 5.41) is 7.76. The molecule has 0 unspecified atom stereocenters. The van der Waals surface area contributed by atoms with E-state index in [9.17, 15) is 4.79 Å². The molecule has 1 N–H and O–H groups in total. The first-order valence-electron chi connectivity index (χ1n) is 10.9. The quantitative estimate of drug-likeness (QED) is 0.714. The molecule has 5 rings (SSSR count). The van der Waals surface area contributed by atoms with E-state index in [1.165, 1.54) is 12.8 Å². The van der Waals surface area contributed by atoms with E-state index in [1.54, 1.807) is 11.6 Å². The number of carbonyl (C=O) groups is 1. The van der Waals surface area contributed by atoms with Gasteiger partial charge in [0.2, 0.25) is 5.91 Å². The van der Waals surface area contributed by atoms with Gasteiger partial charge in [-0.05, 0) is 57.1 Å². The van der Waals surface area contributed by atoms with Gasteiger partial charge >= 0.3 is 0 Å². The second-order valence-corrected chi connectivity index (χ2v) is 8.37. The summed E-state index contributed by atoms with van der Waals surface area (Å²) in [7, 11) is 1.73. The minimum absolute atomic E-state index is 0.0185. The highest BCUT2D eigenvalue weighted by molar-refractivity contribution is 5.92. The zero-order valence-electron chi connectivity index (χ0n) is 17.3. The molecule has 0 spiro atoms. The zero-order chi connectivity index (χ0) is 20.5. The monoisotopic (exact) mass is 405 g/mol. The highest BCUT2D eigenvalue weighted by atomic mass is 16.5. The highest BCUT2D eigenvalue weighted by Crippen LogP contribution is 2.28. The fourth-order valence-corrected chi connectivity index (χ4v) is 4.57. The Labute approximate surface area is 175 Å². The predicted molar refractivity (Wildman–Crippen MR) is 114 cm³/mol. The average Bonchev–Trinajstić information content (AvgIpc) is 3.20. The SMILES string of the molecule is CO[C@H]1CCC[C@@H](C(=O)Nc2ccc(-c3cn4nc5c(nc4n3)CCCC5)cc2)C1. The molecular formula is C23H27N5O2. The fraction of sp³-hybridized carbons (Fsp3) is 0.478. The molecule has 1 aromatic carbocycles. The molecule has 0 bridgehead atoms. The molecule has 0 radical (unpaired) electrons. The number of anilines is 1. The van der Waals surface area contributed by atoms with E-state index in [1.807, 2.05) is 30.5 Å². The highest BCUT2D eigenvalue weighted by Gasteiger charge is 2.27. The Morgan fingerprint density at radius 1 is 1.07 bits per heavy atom. The third-order valence-corrected chi connectivity index (χ3v) is 6.32. The van der Waals surface area contributed by atoms with Gasteiger partial charge in [-0.3, -0.25) is 4.79 Å². The molecule has 2 aliphatic carbocycles. The number of rotatable bonds is 4. The average molecular weight is 406 g/mol. The first kappa shape index (κ1) is 19.2. The largest absolute Gasteiger partial charge is 0.381 e. The van der Waals surface area contributed by atoms with Crippen molar-refractivity contribution in [2.24, 2.45) is 5.92 Å². The lowest BCUT2D eigenvalue weighted by molar-refractivity contribution is -0.122. The van der Waals surface area contributed by atoms with Gasteiger partial charge in [0.25, 0.3) is 5.78 Å². The van der Waals surface area contributed by atoms with Gasteiger partial charge in [-0.25, -0.2) is 14.5 Å². The van der Waals surface area contributed by atoms with Crippen LogP contribution >= 0.6 is 0 Å². The van der Waals surface area contributed by atoms with Crippen LogP contribution in [-0.4, -0.2) is 38.7 Å². The van der Waals surface area contributed by atoms with Crippen LogP contribution in [0.15, 0.2) is 30.5 Å². The van der Waals surface area contributed by atoms with Crippen LogP contribution < -0.4 is 5.32 Å². The normalized spacial score (nSPS) is 21.4. The Balaban J connectivity index is 1.30. The number of fused-ring (bicyclic) bond motifs is 2. The van der Waals surface area contributed by atoms with E-state index in [-0.39, 0.29) is 17.9 Å². The predicted octanol–water partition coefficient (Wildman–Crippen LogP) is 3.81. The summed E-state index contributed by atoms with van der Waals surface area (Å²) in [6, 6.07) is 7.83. The zero-order valence-corrected chi connectivity index (χ0v) is 17.3. The molecule has 7 heteroatoms. The lowest BCUT2D eigenvalue weighted by atomic mass is 9.86. The van der Waals surface area contributed by atoms with Crippen LogP contribution in [0.25, 0.3) is 17.0 Å². The first-order valence-corrected chi connectivity index (χ1v) is 10.9. The van der Waals surface area contributed by atoms with Gasteiger partial charge in [-0.2, -0.15) is 5.10 Å². The molecular weight excluding hydrogens is 378 g/mol. The summed E-state index contributed by atoms with van der Waals surface area (Å²) in [6.45, 7) is 0. The lowest BCUT2D eigenvalue weighted by Crippen LogP contribution is -2.30. The van der Waals surface area contributed by atoms with Gasteiger partial charge in [0, 0.05) is 24.3 Å². The van der Waals surface area contributed by atoms with Crippen LogP contribution in [0.1, 0.15) is 49.9 Å². The molecule has 0 aliphatic heterocycles. The minimum atomic E-state index is 0.0185. The Hall–Kier alpha value is -2.80. The number of carbonyl (C=O) groups excluding carboxylic acids is 1. The summed E-state index contributed by atoms with van der Waals surface area (Å²) in [6.07, 6.45) is 10.3. The second kappa shape index (κ2) is 8.14. The topological polar surface area (TPSA) is 81.4 Å². The van der Waals surface area contributed by atoms with Gasteiger partial charge in [0.15, 0.2) is 0 Å². The van der Waals surface area contributed by atoms with Crippen LogP contribution in [0.3, 0.4) is 0 Å². The summed E-state index contributed by atoms with van der Waals surface area (Å²) in [4.78, 5) is 22.0. The van der Waals surface area contributed by atoms with Crippen molar-refractivity contribution in [1.82, 2.24) is 19.6 Å². The maximum absolute atomic E-state index is 12.6. The van der Waals surface area contributed by atoms with Crippen LogP contribution in [0.5, 0.6) is 0 Å². The third kappa shape index (κ3) is 3.81. The van der Waals surface area contributed by atoms with E-state index in [4.69, 9.17) is 14.8 Å². The van der Waals surface area contributed by atoms with E-state index in [0.717, 1.165) is 66.9 Å². The Kier molecular flexibility index (Phi) is 5.21. The molecule has 2 atom stereocenters. The molecule has 1 fully saturated rings. The summed E-state index contributed by atoms with van der Waals surface area (Å²) < 4.78 is 7.23. The number of hydrogen-bond donors (Lipinski definition) is 1. The molecule has 2 aromatic heterocycles. The van der Waals surface area contributed by atoms with Crippen molar-refractivity contribution in [2.45, 2.75) is 57.5 Å². The number of ether oxygens (including phenoxy) is 1. The molecule has 156 valence electrons. The van der Waals surface area contributed by atoms with Gasteiger partial charge < -0.3 is 10.1 Å². The molecule has 0 saturated heterocycles. The number of aromatic nitrogens is 4. The molecule has 3 aromatic rings. The van der Waals surface area contributed by atoms with Crippen molar-refractivity contribution < 1.29 is 9.53 Å². The van der Waals surface area contributed by atoms with Crippen molar-refractivity contribution in [3.8, 4) is 11.3 Å². The Morgan fingerprint density at radius 3 is 2.67 bits per heavy atom. The molecule has 30 heavy (non-hydrogen) atoms. The van der Waals surface area contributed by atoms with Crippen LogP contribution in [0.2, 0.25) is 0 Å². The smallest absolute Gasteiger partial charge is 0.251 e. The van der Waals surface area contributed by atoms with Gasteiger partial charge in [-0.1, -0.05) is 18.6 Å². The number of benzene rings is 1. The van der Waals surface area contributed by atoms with Crippen molar-refractivity contribution in [3.63, 3.8) is 0 Å². The van der Waals surface area contributed by atoms with Gasteiger partial charge in [-0.15, -0.1) is 0 Å². The van der Waals surface area contributed by atoms with E-state index < -0.39 is 0 Å². The maximum atomic E-state index is 12.6. The standard InChI is InChI=1S/C23H27N5O2/c1-30-18-6-4-5-16(13-18)22(29)24-17-11-9-15(10-12-17)21-14-28-23(26-21)25-19-7-2-3-8-20(19)27-28/h9-12,14,16,18H,2-8,13H2,1H3,(H,24,29)/t16-,18+/m1/s1. The van der Waals surface area contributed by atoms with Crippen molar-refractivity contribution in [2.75, 3.05) is 12.4 Å². The fourth-order valence-electron chi connectivity index (χ4n) is 4.57. The molecule has 1 amide bonds. The number of amides is 1. The number of aryl methyl sites for hydroxylation is 2. The van der Waals surface area contributed by atoms with Gasteiger partial charge in [0.05, 0.1) is 29.4 Å². The number of nitrogens with zero attached hydrogens (tertiary/aromatic N) is 4. The summed E-state index contributed by atoms with van der Waals surface area (Å²) in [5.74, 6) is 0.745. The number of hydrogen-bond acceptors (Lipinski definition) is 5.